The van der Waals surface area contributed by atoms with E-state index in [4.69, 9.17) is 4.74 Å². The Morgan fingerprint density at radius 3 is 2.79 bits per heavy atom. The smallest absolute Gasteiger partial charge is 0.115 e. The number of aromatic nitrogens is 2. The molecule has 1 saturated heterocycles. The van der Waals surface area contributed by atoms with Crippen LogP contribution in [0.1, 0.15) is 25.0 Å². The van der Waals surface area contributed by atoms with E-state index in [1.165, 1.54) is 6.33 Å². The lowest BCUT2D eigenvalue weighted by Crippen LogP contribution is -2.23. The molecule has 4 heteroatoms. The van der Waals surface area contributed by atoms with Crippen LogP contribution in [0.3, 0.4) is 0 Å². The second kappa shape index (κ2) is 4.02. The normalized spacial score (nSPS) is 29.0. The molecule has 3 atom stereocenters. The molecule has 2 heterocycles. The van der Waals surface area contributed by atoms with E-state index < -0.39 is 6.10 Å². The Morgan fingerprint density at radius 1 is 1.50 bits per heavy atom. The van der Waals surface area contributed by atoms with Crippen LogP contribution in [0.4, 0.5) is 0 Å². The fourth-order valence-electron chi connectivity index (χ4n) is 1.77. The van der Waals surface area contributed by atoms with E-state index in [0.29, 0.717) is 5.92 Å². The lowest BCUT2D eigenvalue weighted by molar-refractivity contribution is -0.0181. The topological polar surface area (TPSA) is 55.2 Å². The molecule has 3 unspecified atom stereocenters. The number of aliphatic hydroxyl groups excluding tert-OH is 1. The van der Waals surface area contributed by atoms with Crippen molar-refractivity contribution in [1.29, 1.82) is 0 Å². The van der Waals surface area contributed by atoms with Crippen LogP contribution in [-0.2, 0) is 4.74 Å². The molecule has 1 fully saturated rings. The lowest BCUT2D eigenvalue weighted by Gasteiger charge is -2.20. The summed E-state index contributed by atoms with van der Waals surface area (Å²) in [6.45, 7) is 2.82. The maximum atomic E-state index is 9.99. The second-order valence-electron chi connectivity index (χ2n) is 3.72. The highest BCUT2D eigenvalue weighted by molar-refractivity contribution is 5.09. The first-order valence-corrected chi connectivity index (χ1v) is 4.83. The molecule has 0 aliphatic carbocycles. The van der Waals surface area contributed by atoms with Gasteiger partial charge >= 0.3 is 0 Å². The van der Waals surface area contributed by atoms with Gasteiger partial charge in [0.25, 0.3) is 0 Å². The first-order chi connectivity index (χ1) is 6.79. The summed E-state index contributed by atoms with van der Waals surface area (Å²) in [4.78, 5) is 7.75. The minimum atomic E-state index is -0.603. The summed E-state index contributed by atoms with van der Waals surface area (Å²) in [6.07, 6.45) is 5.01. The Morgan fingerprint density at radius 2 is 2.21 bits per heavy atom. The third-order valence-corrected chi connectivity index (χ3v) is 2.68. The van der Waals surface area contributed by atoms with Gasteiger partial charge in [-0.25, -0.2) is 9.97 Å². The van der Waals surface area contributed by atoms with Crippen LogP contribution in [-0.4, -0.2) is 27.8 Å². The van der Waals surface area contributed by atoms with Crippen molar-refractivity contribution in [2.24, 2.45) is 5.92 Å². The molecule has 1 aromatic rings. The largest absolute Gasteiger partial charge is 0.386 e. The zero-order chi connectivity index (χ0) is 9.97. The van der Waals surface area contributed by atoms with Crippen LogP contribution in [0.2, 0.25) is 0 Å². The minimum absolute atomic E-state index is 0.110. The van der Waals surface area contributed by atoms with Gasteiger partial charge in [0.2, 0.25) is 0 Å². The Bertz CT molecular complexity index is 291. The molecular weight excluding hydrogens is 180 g/mol. The summed E-state index contributed by atoms with van der Waals surface area (Å²) in [5.74, 6) is 0.394. The van der Waals surface area contributed by atoms with E-state index in [1.807, 2.05) is 0 Å². The van der Waals surface area contributed by atoms with Gasteiger partial charge in [-0.15, -0.1) is 0 Å². The van der Waals surface area contributed by atoms with Gasteiger partial charge in [-0.05, 0) is 12.3 Å². The average molecular weight is 194 g/mol. The van der Waals surface area contributed by atoms with Gasteiger partial charge in [0.05, 0.1) is 6.10 Å². The molecule has 0 radical (unpaired) electrons. The summed E-state index contributed by atoms with van der Waals surface area (Å²) in [6, 6.07) is 0. The zero-order valence-electron chi connectivity index (χ0n) is 8.13. The third kappa shape index (κ3) is 1.76. The summed E-state index contributed by atoms with van der Waals surface area (Å²) in [5.41, 5.74) is 0.728. The van der Waals surface area contributed by atoms with Crippen molar-refractivity contribution in [3.63, 3.8) is 0 Å². The van der Waals surface area contributed by atoms with Crippen LogP contribution in [0.5, 0.6) is 0 Å². The van der Waals surface area contributed by atoms with Crippen LogP contribution < -0.4 is 0 Å². The highest BCUT2D eigenvalue weighted by Gasteiger charge is 2.31. The number of ether oxygens (including phenoxy) is 1. The quantitative estimate of drug-likeness (QED) is 0.761. The van der Waals surface area contributed by atoms with Crippen LogP contribution in [0.15, 0.2) is 18.7 Å². The summed E-state index contributed by atoms with van der Waals surface area (Å²) in [7, 11) is 0. The molecule has 1 aliphatic heterocycles. The Labute approximate surface area is 83.0 Å². The summed E-state index contributed by atoms with van der Waals surface area (Å²) in [5, 5.41) is 9.99. The van der Waals surface area contributed by atoms with E-state index >= 15 is 0 Å². The van der Waals surface area contributed by atoms with Gasteiger partial charge in [0.1, 0.15) is 12.4 Å². The number of hydrogen-bond acceptors (Lipinski definition) is 4. The van der Waals surface area contributed by atoms with E-state index in [0.717, 1.165) is 18.6 Å². The maximum absolute atomic E-state index is 9.99. The van der Waals surface area contributed by atoms with Crippen molar-refractivity contribution >= 4 is 0 Å². The van der Waals surface area contributed by atoms with E-state index in [9.17, 15) is 5.11 Å². The summed E-state index contributed by atoms with van der Waals surface area (Å²) >= 11 is 0. The molecule has 0 amide bonds. The van der Waals surface area contributed by atoms with Crippen molar-refractivity contribution in [3.8, 4) is 0 Å². The summed E-state index contributed by atoms with van der Waals surface area (Å²) < 4.78 is 5.48. The van der Waals surface area contributed by atoms with Crippen LogP contribution in [0, 0.1) is 5.92 Å². The molecule has 1 aromatic heterocycles. The monoisotopic (exact) mass is 194 g/mol. The van der Waals surface area contributed by atoms with Crippen molar-refractivity contribution < 1.29 is 9.84 Å². The fourth-order valence-corrected chi connectivity index (χ4v) is 1.77. The number of nitrogens with zero attached hydrogens (tertiary/aromatic N) is 2. The van der Waals surface area contributed by atoms with Gasteiger partial charge in [-0.3, -0.25) is 0 Å². The molecule has 1 aliphatic rings. The molecule has 0 spiro atoms. The molecule has 0 bridgehead atoms. The Kier molecular flexibility index (Phi) is 2.74. The van der Waals surface area contributed by atoms with E-state index in [2.05, 4.69) is 16.9 Å². The zero-order valence-corrected chi connectivity index (χ0v) is 8.13. The predicted molar refractivity (Wildman–Crippen MR) is 50.5 cm³/mol. The number of aliphatic hydroxyl groups is 1. The van der Waals surface area contributed by atoms with Crippen molar-refractivity contribution in [2.45, 2.75) is 25.6 Å². The average Bonchev–Trinajstić information content (AvgIpc) is 2.65. The van der Waals surface area contributed by atoms with Crippen molar-refractivity contribution in [1.82, 2.24) is 9.97 Å². The van der Waals surface area contributed by atoms with Gasteiger partial charge < -0.3 is 9.84 Å². The predicted octanol–water partition coefficient (Wildman–Crippen LogP) is 0.935. The molecule has 1 N–H and O–H groups in total. The fraction of sp³-hybridized carbons (Fsp3) is 0.600. The molecular formula is C10H14N2O2. The van der Waals surface area contributed by atoms with Gasteiger partial charge in [0.15, 0.2) is 0 Å². The Balaban J connectivity index is 2.12. The number of hydrogen-bond donors (Lipinski definition) is 1. The molecule has 14 heavy (non-hydrogen) atoms. The molecule has 76 valence electrons. The van der Waals surface area contributed by atoms with E-state index in [-0.39, 0.29) is 6.10 Å². The minimum Gasteiger partial charge on any atom is -0.386 e. The molecule has 2 rings (SSSR count). The first-order valence-electron chi connectivity index (χ1n) is 4.83. The van der Waals surface area contributed by atoms with Gasteiger partial charge in [-0.2, -0.15) is 0 Å². The first kappa shape index (κ1) is 9.55. The van der Waals surface area contributed by atoms with Crippen molar-refractivity contribution in [2.75, 3.05) is 6.61 Å². The van der Waals surface area contributed by atoms with Gasteiger partial charge in [-0.1, -0.05) is 6.92 Å². The molecule has 0 saturated carbocycles. The standard InChI is InChI=1S/C10H14N2O2/c1-7-2-3-14-10(7)9(13)8-4-11-6-12-5-8/h4-7,9-10,13H,2-3H2,1H3. The number of rotatable bonds is 2. The van der Waals surface area contributed by atoms with E-state index in [1.54, 1.807) is 12.4 Å². The molecule has 0 aromatic carbocycles. The SMILES string of the molecule is CC1CCOC1C(O)c1cncnc1. The Hall–Kier alpha value is -1.00. The van der Waals surface area contributed by atoms with Gasteiger partial charge in [0, 0.05) is 24.6 Å². The van der Waals surface area contributed by atoms with Crippen molar-refractivity contribution in [3.05, 3.63) is 24.3 Å². The third-order valence-electron chi connectivity index (χ3n) is 2.68. The highest BCUT2D eigenvalue weighted by Crippen LogP contribution is 2.30. The molecule has 4 nitrogen and oxygen atoms in total. The highest BCUT2D eigenvalue weighted by atomic mass is 16.5. The van der Waals surface area contributed by atoms with Crippen LogP contribution in [0.25, 0.3) is 0 Å². The maximum Gasteiger partial charge on any atom is 0.115 e. The van der Waals surface area contributed by atoms with Crippen LogP contribution >= 0.6 is 0 Å². The lowest BCUT2D eigenvalue weighted by atomic mass is 9.96. The second-order valence-corrected chi connectivity index (χ2v) is 3.72.